The minimum Gasteiger partial charge on any atom is 0 e. The molecule has 4 heteroatoms. The minimum atomic E-state index is 0. The Balaban J connectivity index is 0. The van der Waals surface area contributed by atoms with Gasteiger partial charge >= 0.3 is 42.9 Å². The zero-order valence-electron chi connectivity index (χ0n) is 1.51. The molecule has 0 aliphatic rings. The first-order valence-electron chi connectivity index (χ1n) is 0. The van der Waals surface area contributed by atoms with Crippen LogP contribution in [0.15, 0.2) is 0 Å². The number of hydrogen-bond acceptors (Lipinski definition) is 0. The Morgan fingerprint density at radius 1 is 1.00 bits per heavy atom. The summed E-state index contributed by atoms with van der Waals surface area (Å²) in [5.74, 6) is 0. The third-order valence-electron chi connectivity index (χ3n) is 0. The first-order valence-corrected chi connectivity index (χ1v) is 0. The van der Waals surface area contributed by atoms with E-state index in [1.165, 1.54) is 0 Å². The van der Waals surface area contributed by atoms with Gasteiger partial charge in [0, 0.05) is 36.5 Å². The van der Waals surface area contributed by atoms with Crippen molar-refractivity contribution in [3.63, 3.8) is 0 Å². The SMILES string of the molecule is [Cu].[InH3].[SeH2].[Zn]. The molecule has 0 fully saturated rings. The fourth-order valence-corrected chi connectivity index (χ4v) is 0. The first-order chi connectivity index (χ1) is 0. The topological polar surface area (TPSA) is 0 Å². The summed E-state index contributed by atoms with van der Waals surface area (Å²) in [5.41, 5.74) is 0. The van der Waals surface area contributed by atoms with Gasteiger partial charge in [-0.1, -0.05) is 0 Å². The zero-order valence-corrected chi connectivity index (χ0v) is 7.52. The molecular weight excluding hydrogens is 323 g/mol. The van der Waals surface area contributed by atoms with E-state index in [4.69, 9.17) is 0 Å². The summed E-state index contributed by atoms with van der Waals surface area (Å²) in [7, 11) is 0. The van der Waals surface area contributed by atoms with Crippen LogP contribution in [0.2, 0.25) is 0 Å². The van der Waals surface area contributed by atoms with E-state index in [1.54, 1.807) is 0 Å². The predicted molar refractivity (Wildman–Crippen MR) is 18.5 cm³/mol. The Labute approximate surface area is 78.4 Å². The average Bonchev–Trinajstić information content (AvgIpc) is 0. The molecule has 0 saturated heterocycles. The van der Waals surface area contributed by atoms with Gasteiger partial charge in [-0.05, 0) is 0 Å². The summed E-state index contributed by atoms with van der Waals surface area (Å²) in [6.07, 6.45) is 0. The van der Waals surface area contributed by atoms with Crippen LogP contribution in [0.3, 0.4) is 0 Å². The molecule has 0 bridgehead atoms. The van der Waals surface area contributed by atoms with Crippen LogP contribution in [0, 0.1) is 0 Å². The fourth-order valence-electron chi connectivity index (χ4n) is 0. The fraction of sp³-hybridized carbons (Fsp3) is 0. The molecule has 0 aromatic rings. The first kappa shape index (κ1) is 31.2. The molecule has 0 aromatic carbocycles. The summed E-state index contributed by atoms with van der Waals surface area (Å²) >= 11 is 0. The van der Waals surface area contributed by atoms with Crippen LogP contribution in [0.25, 0.3) is 0 Å². The largest absolute Gasteiger partial charge is 0 e. The Hall–Kier alpha value is 2.53. The van der Waals surface area contributed by atoms with Crippen LogP contribution < -0.4 is 0 Å². The Bertz CT molecular complexity index is 8.00. The number of hydrogen-bond donors (Lipinski definition) is 0. The van der Waals surface area contributed by atoms with Crippen molar-refractivity contribution in [2.45, 2.75) is 0 Å². The summed E-state index contributed by atoms with van der Waals surface area (Å²) in [6.45, 7) is 0. The second kappa shape index (κ2) is 17.7. The van der Waals surface area contributed by atoms with Crippen LogP contribution in [-0.2, 0) is 36.5 Å². The molecule has 4 heavy (non-hydrogen) atoms. The molecule has 0 nitrogen and oxygen atoms in total. The van der Waals surface area contributed by atoms with E-state index in [2.05, 4.69) is 0 Å². The smallest absolute Gasteiger partial charge is 0 e. The van der Waals surface area contributed by atoms with Crippen molar-refractivity contribution in [1.29, 1.82) is 0 Å². The molecule has 0 amide bonds. The molecule has 0 heterocycles. The second-order valence-corrected chi connectivity index (χ2v) is 0. The molecule has 0 unspecified atom stereocenters. The minimum absolute atomic E-state index is 0. The van der Waals surface area contributed by atoms with Crippen molar-refractivity contribution in [2.75, 3.05) is 0 Å². The van der Waals surface area contributed by atoms with Gasteiger partial charge in [0.25, 0.3) is 0 Å². The summed E-state index contributed by atoms with van der Waals surface area (Å²) in [4.78, 5) is 0. The third-order valence-corrected chi connectivity index (χ3v) is 0. The van der Waals surface area contributed by atoms with E-state index in [9.17, 15) is 0 Å². The number of rotatable bonds is 0. The third kappa shape index (κ3) is 8.82. The van der Waals surface area contributed by atoms with Gasteiger partial charge in [0.05, 0.1) is 0 Å². The Morgan fingerprint density at radius 3 is 1.00 bits per heavy atom. The van der Waals surface area contributed by atoms with Crippen molar-refractivity contribution in [2.24, 2.45) is 0 Å². The van der Waals surface area contributed by atoms with Crippen LogP contribution >= 0.6 is 0 Å². The van der Waals surface area contributed by atoms with Crippen LogP contribution in [0.5, 0.6) is 0 Å². The van der Waals surface area contributed by atoms with E-state index < -0.39 is 0 Å². The van der Waals surface area contributed by atoms with Gasteiger partial charge in [0.2, 0.25) is 0 Å². The molecule has 27 valence electrons. The van der Waals surface area contributed by atoms with Crippen molar-refractivity contribution >= 4 is 42.9 Å². The molecule has 0 spiro atoms. The Morgan fingerprint density at radius 2 is 1.00 bits per heavy atom. The van der Waals surface area contributed by atoms with Gasteiger partial charge in [0.1, 0.15) is 0 Å². The molecule has 0 atom stereocenters. The summed E-state index contributed by atoms with van der Waals surface area (Å²) < 4.78 is 0. The van der Waals surface area contributed by atoms with E-state index in [-0.39, 0.29) is 79.5 Å². The maximum atomic E-state index is 0. The molecule has 0 aliphatic heterocycles. The van der Waals surface area contributed by atoms with E-state index in [0.717, 1.165) is 0 Å². The van der Waals surface area contributed by atoms with Crippen molar-refractivity contribution in [1.82, 2.24) is 0 Å². The molecule has 0 N–H and O–H groups in total. The van der Waals surface area contributed by atoms with Gasteiger partial charge in [-0.25, -0.2) is 0 Å². The van der Waals surface area contributed by atoms with E-state index >= 15 is 0 Å². The maximum absolute atomic E-state index is 0. The van der Waals surface area contributed by atoms with Gasteiger partial charge in [-0.15, -0.1) is 0 Å². The maximum Gasteiger partial charge on any atom is 0 e. The molecule has 0 aromatic heterocycles. The van der Waals surface area contributed by atoms with Crippen LogP contribution in [0.1, 0.15) is 0 Å². The summed E-state index contributed by atoms with van der Waals surface area (Å²) in [6, 6.07) is 0. The predicted octanol–water partition coefficient (Wildman–Crippen LogP) is -2.11. The van der Waals surface area contributed by atoms with Crippen LogP contribution in [-0.4, -0.2) is 42.9 Å². The zero-order chi connectivity index (χ0) is 0. The molecule has 0 aliphatic carbocycles. The second-order valence-electron chi connectivity index (χ2n) is 0. The van der Waals surface area contributed by atoms with Crippen molar-refractivity contribution < 1.29 is 36.5 Å². The summed E-state index contributed by atoms with van der Waals surface area (Å²) in [5, 5.41) is 0. The Kier molecular flexibility index (Phi) is 138. The van der Waals surface area contributed by atoms with Crippen molar-refractivity contribution in [3.05, 3.63) is 0 Å². The standard InChI is InChI=1S/Cu.In.H2Se.Zn.3H/h;;1H2;;;;. The van der Waals surface area contributed by atoms with Gasteiger partial charge in [-0.2, -0.15) is 0 Å². The molecule has 1 radical (unpaired) electrons. The quantitative estimate of drug-likeness (QED) is 0.447. The van der Waals surface area contributed by atoms with Gasteiger partial charge < -0.3 is 0 Å². The van der Waals surface area contributed by atoms with Crippen LogP contribution in [0.4, 0.5) is 0 Å². The van der Waals surface area contributed by atoms with Crippen molar-refractivity contribution in [3.8, 4) is 0 Å². The normalized spacial score (nSPS) is 0. The molecular formula is H5CuInSeZn. The monoisotopic (exact) mass is 327 g/mol. The van der Waals surface area contributed by atoms with Gasteiger partial charge in [-0.3, -0.25) is 0 Å². The molecule has 0 saturated carbocycles. The molecule has 0 rings (SSSR count). The van der Waals surface area contributed by atoms with E-state index in [0.29, 0.717) is 0 Å². The van der Waals surface area contributed by atoms with Gasteiger partial charge in [0.15, 0.2) is 0 Å². The van der Waals surface area contributed by atoms with E-state index in [1.807, 2.05) is 0 Å². The average molecular weight is 328 g/mol.